The molecule has 0 bridgehead atoms. The number of carbonyl (C=O) groups excluding carboxylic acids is 1. The third kappa shape index (κ3) is 5.55. The van der Waals surface area contributed by atoms with Crippen molar-refractivity contribution in [1.82, 2.24) is 9.03 Å². The van der Waals surface area contributed by atoms with Gasteiger partial charge < -0.3 is 9.84 Å². The van der Waals surface area contributed by atoms with E-state index in [9.17, 15) is 13.2 Å². The first-order chi connectivity index (χ1) is 6.79. The Morgan fingerprint density at radius 2 is 2.13 bits per heavy atom. The molecule has 7 nitrogen and oxygen atoms in total. The number of hydrogen-bond donors (Lipinski definition) is 2. The molecule has 0 spiro atoms. The third-order valence-corrected chi connectivity index (χ3v) is 3.10. The summed E-state index contributed by atoms with van der Waals surface area (Å²) in [5, 5.41) is 8.96. The highest BCUT2D eigenvalue weighted by molar-refractivity contribution is 7.87. The Kier molecular flexibility index (Phi) is 5.55. The van der Waals surface area contributed by atoms with Gasteiger partial charge in [0.25, 0.3) is 0 Å². The van der Waals surface area contributed by atoms with Gasteiger partial charge in [-0.2, -0.15) is 12.7 Å². The highest BCUT2D eigenvalue weighted by Gasteiger charge is 2.20. The van der Waals surface area contributed by atoms with Crippen LogP contribution in [0.4, 0.5) is 4.79 Å². The van der Waals surface area contributed by atoms with Crippen LogP contribution in [-0.2, 0) is 14.9 Å². The Morgan fingerprint density at radius 1 is 1.60 bits per heavy atom. The smallest absolute Gasteiger partial charge is 0.421 e. The van der Waals surface area contributed by atoms with Crippen LogP contribution in [0.3, 0.4) is 0 Å². The van der Waals surface area contributed by atoms with Crippen molar-refractivity contribution in [2.45, 2.75) is 19.4 Å². The number of nitrogens with zero attached hydrogens (tertiary/aromatic N) is 1. The van der Waals surface area contributed by atoms with Gasteiger partial charge in [0.05, 0.1) is 13.2 Å². The van der Waals surface area contributed by atoms with E-state index < -0.39 is 22.4 Å². The molecule has 0 fully saturated rings. The summed E-state index contributed by atoms with van der Waals surface area (Å²) < 4.78 is 29.5. The fourth-order valence-electron chi connectivity index (χ4n) is 0.714. The number of ether oxygens (including phenoxy) is 1. The molecule has 0 radical (unpaired) electrons. The molecule has 0 aliphatic rings. The second kappa shape index (κ2) is 5.89. The second-order valence-corrected chi connectivity index (χ2v) is 4.84. The van der Waals surface area contributed by atoms with Crippen molar-refractivity contribution in [3.05, 3.63) is 0 Å². The van der Waals surface area contributed by atoms with E-state index >= 15 is 0 Å². The number of aliphatic hydroxyl groups excluding tert-OH is 1. The van der Waals surface area contributed by atoms with Crippen LogP contribution in [0.15, 0.2) is 0 Å². The average molecular weight is 240 g/mol. The van der Waals surface area contributed by atoms with Crippen LogP contribution in [0.1, 0.15) is 13.3 Å². The molecule has 8 heteroatoms. The molecule has 15 heavy (non-hydrogen) atoms. The first-order valence-electron chi connectivity index (χ1n) is 4.29. The van der Waals surface area contributed by atoms with E-state index in [2.05, 4.69) is 4.74 Å². The van der Waals surface area contributed by atoms with E-state index in [1.165, 1.54) is 7.05 Å². The zero-order chi connectivity index (χ0) is 12.1. The van der Waals surface area contributed by atoms with Crippen LogP contribution < -0.4 is 4.72 Å². The molecule has 2 N–H and O–H groups in total. The van der Waals surface area contributed by atoms with Crippen LogP contribution in [0.25, 0.3) is 0 Å². The molecule has 0 saturated heterocycles. The quantitative estimate of drug-likeness (QED) is 0.661. The van der Waals surface area contributed by atoms with Crippen molar-refractivity contribution in [3.63, 3.8) is 0 Å². The third-order valence-electron chi connectivity index (χ3n) is 1.67. The fourth-order valence-corrected chi connectivity index (χ4v) is 1.51. The lowest BCUT2D eigenvalue weighted by atomic mass is 10.3. The summed E-state index contributed by atoms with van der Waals surface area (Å²) in [6, 6.07) is 0. The van der Waals surface area contributed by atoms with E-state index in [1.807, 2.05) is 0 Å². The van der Waals surface area contributed by atoms with E-state index in [1.54, 1.807) is 11.6 Å². The molecule has 0 rings (SSSR count). The molecule has 0 aromatic carbocycles. The SMILES string of the molecule is COC(=O)NS(=O)(=O)N(C)CCC(C)O. The minimum absolute atomic E-state index is 0.115. The van der Waals surface area contributed by atoms with E-state index in [4.69, 9.17) is 5.11 Å². The van der Waals surface area contributed by atoms with Crippen LogP contribution in [0.5, 0.6) is 0 Å². The molecule has 1 unspecified atom stereocenters. The molecule has 0 saturated carbocycles. The predicted molar refractivity (Wildman–Crippen MR) is 53.4 cm³/mol. The zero-order valence-corrected chi connectivity index (χ0v) is 9.74. The van der Waals surface area contributed by atoms with Crippen molar-refractivity contribution < 1.29 is 23.1 Å². The summed E-state index contributed by atoms with van der Waals surface area (Å²) in [7, 11) is -1.50. The predicted octanol–water partition coefficient (Wildman–Crippen LogP) is -0.710. The van der Waals surface area contributed by atoms with E-state index in [-0.39, 0.29) is 6.54 Å². The van der Waals surface area contributed by atoms with Gasteiger partial charge in [-0.1, -0.05) is 0 Å². The average Bonchev–Trinajstić information content (AvgIpc) is 2.13. The number of aliphatic hydroxyl groups is 1. The van der Waals surface area contributed by atoms with E-state index in [0.717, 1.165) is 11.4 Å². The minimum atomic E-state index is -3.87. The molecule has 0 heterocycles. The fraction of sp³-hybridized carbons (Fsp3) is 0.857. The van der Waals surface area contributed by atoms with Gasteiger partial charge in [0.1, 0.15) is 0 Å². The van der Waals surface area contributed by atoms with Gasteiger partial charge in [0.2, 0.25) is 0 Å². The number of rotatable bonds is 5. The highest BCUT2D eigenvalue weighted by atomic mass is 32.2. The molecule has 1 amide bonds. The molecule has 0 aliphatic heterocycles. The Balaban J connectivity index is 4.27. The maximum atomic E-state index is 11.3. The summed E-state index contributed by atoms with van der Waals surface area (Å²) in [6.07, 6.45) is -1.35. The summed E-state index contributed by atoms with van der Waals surface area (Å²) in [6.45, 7) is 1.66. The van der Waals surface area contributed by atoms with Crippen LogP contribution in [0.2, 0.25) is 0 Å². The number of carbonyl (C=O) groups is 1. The molecule has 1 atom stereocenters. The molecular formula is C7H16N2O5S. The lowest BCUT2D eigenvalue weighted by Gasteiger charge is -2.17. The number of amides is 1. The molecule has 0 aliphatic carbocycles. The topological polar surface area (TPSA) is 95.9 Å². The van der Waals surface area contributed by atoms with Gasteiger partial charge in [0, 0.05) is 13.6 Å². The maximum Gasteiger partial charge on any atom is 0.421 e. The van der Waals surface area contributed by atoms with Gasteiger partial charge in [-0.05, 0) is 13.3 Å². The monoisotopic (exact) mass is 240 g/mol. The van der Waals surface area contributed by atoms with Gasteiger partial charge in [-0.15, -0.1) is 0 Å². The number of nitrogens with one attached hydrogen (secondary N) is 1. The van der Waals surface area contributed by atoms with Crippen LogP contribution in [-0.4, -0.2) is 50.7 Å². The van der Waals surface area contributed by atoms with Gasteiger partial charge in [-0.25, -0.2) is 9.52 Å². The minimum Gasteiger partial charge on any atom is -0.452 e. The molecular weight excluding hydrogens is 224 g/mol. The lowest BCUT2D eigenvalue weighted by molar-refractivity contribution is 0.174. The lowest BCUT2D eigenvalue weighted by Crippen LogP contribution is -2.42. The van der Waals surface area contributed by atoms with Gasteiger partial charge in [-0.3, -0.25) is 0 Å². The van der Waals surface area contributed by atoms with Gasteiger partial charge >= 0.3 is 16.3 Å². The maximum absolute atomic E-state index is 11.3. The molecule has 90 valence electrons. The second-order valence-electron chi connectivity index (χ2n) is 3.06. The highest BCUT2D eigenvalue weighted by Crippen LogP contribution is 1.98. The Morgan fingerprint density at radius 3 is 2.53 bits per heavy atom. The van der Waals surface area contributed by atoms with Crippen LogP contribution in [0, 0.1) is 0 Å². The standard InChI is InChI=1S/C7H16N2O5S/c1-6(10)4-5-9(2)15(12,13)8-7(11)14-3/h6,10H,4-5H2,1-3H3,(H,8,11). The molecule has 0 aromatic rings. The summed E-state index contributed by atoms with van der Waals surface area (Å²) in [5.41, 5.74) is 0. The first-order valence-corrected chi connectivity index (χ1v) is 5.73. The van der Waals surface area contributed by atoms with Crippen molar-refractivity contribution in [2.24, 2.45) is 0 Å². The Hall–Kier alpha value is -0.860. The largest absolute Gasteiger partial charge is 0.452 e. The summed E-state index contributed by atoms with van der Waals surface area (Å²) >= 11 is 0. The summed E-state index contributed by atoms with van der Waals surface area (Å²) in [4.78, 5) is 10.7. The van der Waals surface area contributed by atoms with Crippen molar-refractivity contribution in [1.29, 1.82) is 0 Å². The molecule has 0 aromatic heterocycles. The number of hydrogen-bond acceptors (Lipinski definition) is 5. The van der Waals surface area contributed by atoms with Crippen molar-refractivity contribution in [2.75, 3.05) is 20.7 Å². The number of methoxy groups -OCH3 is 1. The Labute approximate surface area is 89.2 Å². The Bertz CT molecular complexity index is 301. The zero-order valence-electron chi connectivity index (χ0n) is 8.93. The van der Waals surface area contributed by atoms with Crippen molar-refractivity contribution >= 4 is 16.3 Å². The van der Waals surface area contributed by atoms with Crippen molar-refractivity contribution in [3.8, 4) is 0 Å². The van der Waals surface area contributed by atoms with Crippen LogP contribution >= 0.6 is 0 Å². The van der Waals surface area contributed by atoms with Gasteiger partial charge in [0.15, 0.2) is 0 Å². The normalized spacial score (nSPS) is 13.7. The first kappa shape index (κ1) is 14.1. The summed E-state index contributed by atoms with van der Waals surface area (Å²) in [5.74, 6) is 0. The van der Waals surface area contributed by atoms with E-state index in [0.29, 0.717) is 6.42 Å².